The Labute approximate surface area is 149 Å². The van der Waals surface area contributed by atoms with Gasteiger partial charge in [0.1, 0.15) is 13.2 Å². The molecule has 1 aromatic carbocycles. The SMILES string of the molecule is CN(C)C(=O)N1C[C@H]2CC[C@@H](C1)N(Cc1ccc3c(c1)OCCO3)C2. The Morgan fingerprint density at radius 2 is 1.92 bits per heavy atom. The Morgan fingerprint density at radius 3 is 2.72 bits per heavy atom. The zero-order valence-corrected chi connectivity index (χ0v) is 15.1. The predicted molar refractivity (Wildman–Crippen MR) is 95.0 cm³/mol. The van der Waals surface area contributed by atoms with Crippen molar-refractivity contribution in [2.45, 2.75) is 25.4 Å². The Bertz CT molecular complexity index is 649. The van der Waals surface area contributed by atoms with Crippen LogP contribution < -0.4 is 9.47 Å². The minimum Gasteiger partial charge on any atom is -0.486 e. The van der Waals surface area contributed by atoms with Gasteiger partial charge in [-0.2, -0.15) is 0 Å². The summed E-state index contributed by atoms with van der Waals surface area (Å²) in [7, 11) is 3.67. The fourth-order valence-corrected chi connectivity index (χ4v) is 4.23. The van der Waals surface area contributed by atoms with Gasteiger partial charge in [-0.25, -0.2) is 4.79 Å². The topological polar surface area (TPSA) is 45.3 Å². The maximum absolute atomic E-state index is 12.4. The average molecular weight is 345 g/mol. The van der Waals surface area contributed by atoms with Crippen molar-refractivity contribution in [1.82, 2.24) is 14.7 Å². The number of fused-ring (bicyclic) bond motifs is 5. The van der Waals surface area contributed by atoms with Gasteiger partial charge in [0.2, 0.25) is 0 Å². The molecule has 3 saturated heterocycles. The number of rotatable bonds is 2. The maximum atomic E-state index is 12.4. The highest BCUT2D eigenvalue weighted by atomic mass is 16.6. The molecular weight excluding hydrogens is 318 g/mol. The number of piperidine rings is 1. The van der Waals surface area contributed by atoms with Crippen molar-refractivity contribution < 1.29 is 14.3 Å². The summed E-state index contributed by atoms with van der Waals surface area (Å²) in [6.45, 7) is 4.92. The molecule has 0 aliphatic carbocycles. The molecule has 0 aromatic heterocycles. The number of carbonyl (C=O) groups is 1. The molecule has 0 radical (unpaired) electrons. The molecule has 0 N–H and O–H groups in total. The van der Waals surface area contributed by atoms with Crippen LogP contribution >= 0.6 is 0 Å². The van der Waals surface area contributed by atoms with Crippen LogP contribution in [-0.2, 0) is 6.54 Å². The highest BCUT2D eigenvalue weighted by molar-refractivity contribution is 5.74. The van der Waals surface area contributed by atoms with Gasteiger partial charge < -0.3 is 19.3 Å². The number of ether oxygens (including phenoxy) is 2. The Morgan fingerprint density at radius 1 is 1.12 bits per heavy atom. The third kappa shape index (κ3) is 3.40. The van der Waals surface area contributed by atoms with Crippen LogP contribution in [0.2, 0.25) is 0 Å². The third-order valence-electron chi connectivity index (χ3n) is 5.47. The standard InChI is InChI=1S/C19H27N3O3/c1-20(2)19(23)22-12-15-3-5-16(13-22)21(11-15)10-14-4-6-17-18(9-14)25-8-7-24-17/h4,6,9,15-16H,3,5,7-8,10-13H2,1-2H3/t15-,16-/m0/s1. The molecule has 25 heavy (non-hydrogen) atoms. The summed E-state index contributed by atoms with van der Waals surface area (Å²) in [5, 5.41) is 0. The summed E-state index contributed by atoms with van der Waals surface area (Å²) in [5.74, 6) is 2.27. The molecule has 6 heteroatoms. The van der Waals surface area contributed by atoms with Crippen LogP contribution in [0.15, 0.2) is 18.2 Å². The largest absolute Gasteiger partial charge is 0.486 e. The van der Waals surface area contributed by atoms with Gasteiger partial charge in [-0.15, -0.1) is 0 Å². The lowest BCUT2D eigenvalue weighted by Crippen LogP contribution is -2.45. The van der Waals surface area contributed by atoms with Crippen LogP contribution in [0.3, 0.4) is 0 Å². The minimum atomic E-state index is 0.137. The summed E-state index contributed by atoms with van der Waals surface area (Å²) < 4.78 is 11.3. The van der Waals surface area contributed by atoms with Gasteiger partial charge in [0.15, 0.2) is 11.5 Å². The van der Waals surface area contributed by atoms with Crippen LogP contribution in [0.25, 0.3) is 0 Å². The van der Waals surface area contributed by atoms with Crippen molar-refractivity contribution >= 4 is 6.03 Å². The first-order valence-electron chi connectivity index (χ1n) is 9.19. The second-order valence-corrected chi connectivity index (χ2v) is 7.59. The van der Waals surface area contributed by atoms with Crippen LogP contribution in [0.5, 0.6) is 11.5 Å². The molecule has 136 valence electrons. The van der Waals surface area contributed by atoms with E-state index in [0.717, 1.165) is 37.7 Å². The Kier molecular flexibility index (Phi) is 4.46. The van der Waals surface area contributed by atoms with Gasteiger partial charge in [-0.1, -0.05) is 6.07 Å². The molecule has 1 aromatic rings. The van der Waals surface area contributed by atoms with Gasteiger partial charge in [-0.05, 0) is 36.5 Å². The highest BCUT2D eigenvalue weighted by Crippen LogP contribution is 2.33. The molecule has 5 rings (SSSR count). The predicted octanol–water partition coefficient (Wildman–Crippen LogP) is 2.04. The highest BCUT2D eigenvalue weighted by Gasteiger charge is 2.36. The summed E-state index contributed by atoms with van der Waals surface area (Å²) in [6, 6.07) is 6.83. The van der Waals surface area contributed by atoms with Crippen molar-refractivity contribution in [3.8, 4) is 11.5 Å². The van der Waals surface area contributed by atoms with Crippen molar-refractivity contribution in [2.75, 3.05) is 46.9 Å². The van der Waals surface area contributed by atoms with Crippen molar-refractivity contribution in [3.63, 3.8) is 0 Å². The number of urea groups is 1. The number of benzene rings is 1. The van der Waals surface area contributed by atoms with E-state index >= 15 is 0 Å². The molecule has 0 saturated carbocycles. The smallest absolute Gasteiger partial charge is 0.319 e. The van der Waals surface area contributed by atoms with Crippen molar-refractivity contribution in [1.29, 1.82) is 0 Å². The summed E-state index contributed by atoms with van der Waals surface area (Å²) in [5.41, 5.74) is 1.25. The number of amides is 2. The van der Waals surface area contributed by atoms with Gasteiger partial charge in [-0.3, -0.25) is 4.90 Å². The lowest BCUT2D eigenvalue weighted by atomic mass is 9.94. The minimum absolute atomic E-state index is 0.137. The Hall–Kier alpha value is -1.95. The molecule has 4 aliphatic rings. The number of hydrogen-bond donors (Lipinski definition) is 0. The molecule has 0 spiro atoms. The van der Waals surface area contributed by atoms with E-state index in [0.29, 0.717) is 25.2 Å². The number of carbonyl (C=O) groups excluding carboxylic acids is 1. The van der Waals surface area contributed by atoms with E-state index in [-0.39, 0.29) is 6.03 Å². The van der Waals surface area contributed by atoms with E-state index in [1.807, 2.05) is 25.1 Å². The number of hydrogen-bond acceptors (Lipinski definition) is 4. The molecule has 6 nitrogen and oxygen atoms in total. The fourth-order valence-electron chi connectivity index (χ4n) is 4.23. The first-order chi connectivity index (χ1) is 12.1. The van der Waals surface area contributed by atoms with Crippen LogP contribution in [0, 0.1) is 5.92 Å². The van der Waals surface area contributed by atoms with Gasteiger partial charge in [0.05, 0.1) is 0 Å². The molecule has 2 atom stereocenters. The summed E-state index contributed by atoms with van der Waals surface area (Å²) in [6.07, 6.45) is 2.39. The van der Waals surface area contributed by atoms with E-state index in [1.54, 1.807) is 4.90 Å². The van der Waals surface area contributed by atoms with Gasteiger partial charge >= 0.3 is 6.03 Å². The van der Waals surface area contributed by atoms with E-state index in [4.69, 9.17) is 9.47 Å². The maximum Gasteiger partial charge on any atom is 0.319 e. The molecule has 2 bridgehead atoms. The molecule has 0 unspecified atom stereocenters. The zero-order chi connectivity index (χ0) is 17.4. The number of nitrogens with zero attached hydrogens (tertiary/aromatic N) is 3. The van der Waals surface area contributed by atoms with E-state index in [9.17, 15) is 4.79 Å². The quantitative estimate of drug-likeness (QED) is 0.823. The van der Waals surface area contributed by atoms with Crippen LogP contribution in [-0.4, -0.2) is 73.7 Å². The second-order valence-electron chi connectivity index (χ2n) is 7.59. The lowest BCUT2D eigenvalue weighted by molar-refractivity contribution is 0.122. The fraction of sp³-hybridized carbons (Fsp3) is 0.632. The molecule has 4 aliphatic heterocycles. The van der Waals surface area contributed by atoms with Crippen LogP contribution in [0.4, 0.5) is 4.79 Å². The van der Waals surface area contributed by atoms with E-state index < -0.39 is 0 Å². The normalized spacial score (nSPS) is 25.6. The first-order valence-corrected chi connectivity index (χ1v) is 9.19. The monoisotopic (exact) mass is 345 g/mol. The average Bonchev–Trinajstić information content (AvgIpc) is 2.92. The van der Waals surface area contributed by atoms with Crippen molar-refractivity contribution in [2.24, 2.45) is 5.92 Å². The zero-order valence-electron chi connectivity index (χ0n) is 15.1. The molecule has 4 heterocycles. The first kappa shape index (κ1) is 16.5. The van der Waals surface area contributed by atoms with E-state index in [1.165, 1.54) is 18.4 Å². The third-order valence-corrected chi connectivity index (χ3v) is 5.47. The molecular formula is C19H27N3O3. The van der Waals surface area contributed by atoms with Crippen LogP contribution in [0.1, 0.15) is 18.4 Å². The van der Waals surface area contributed by atoms with Gasteiger partial charge in [0.25, 0.3) is 0 Å². The summed E-state index contributed by atoms with van der Waals surface area (Å²) >= 11 is 0. The van der Waals surface area contributed by atoms with Crippen molar-refractivity contribution in [3.05, 3.63) is 23.8 Å². The lowest BCUT2D eigenvalue weighted by Gasteiger charge is -2.36. The summed E-state index contributed by atoms with van der Waals surface area (Å²) in [4.78, 5) is 18.7. The second kappa shape index (κ2) is 6.75. The molecule has 2 amide bonds. The van der Waals surface area contributed by atoms with Gasteiger partial charge in [0, 0.05) is 46.3 Å². The Balaban J connectivity index is 1.47. The molecule has 3 fully saturated rings. The van der Waals surface area contributed by atoms with E-state index in [2.05, 4.69) is 17.0 Å².